The topological polar surface area (TPSA) is 74.6 Å². The molecule has 0 radical (unpaired) electrons. The number of nitrogens with zero attached hydrogens (tertiary/aromatic N) is 2. The van der Waals surface area contributed by atoms with Gasteiger partial charge in [-0.05, 0) is 36.2 Å². The minimum atomic E-state index is -0.0410. The van der Waals surface area contributed by atoms with Crippen LogP contribution >= 0.6 is 11.8 Å². The van der Waals surface area contributed by atoms with E-state index in [-0.39, 0.29) is 11.7 Å². The number of rotatable bonds is 10. The molecular formula is C22H25N3O4S. The van der Waals surface area contributed by atoms with Gasteiger partial charge in [0.25, 0.3) is 0 Å². The van der Waals surface area contributed by atoms with Crippen molar-refractivity contribution in [1.82, 2.24) is 14.9 Å². The van der Waals surface area contributed by atoms with Gasteiger partial charge in [0.05, 0.1) is 32.8 Å². The van der Waals surface area contributed by atoms with Gasteiger partial charge in [-0.2, -0.15) is 0 Å². The number of amides is 1. The molecule has 0 aliphatic heterocycles. The van der Waals surface area contributed by atoms with E-state index in [9.17, 15) is 4.79 Å². The molecule has 0 unspecified atom stereocenters. The third-order valence-corrected chi connectivity index (χ3v) is 5.42. The van der Waals surface area contributed by atoms with Crippen LogP contribution in [0.1, 0.15) is 5.56 Å². The van der Waals surface area contributed by atoms with E-state index in [1.165, 1.54) is 11.8 Å². The fourth-order valence-corrected chi connectivity index (χ4v) is 3.72. The first-order valence-electron chi connectivity index (χ1n) is 9.42. The average molecular weight is 428 g/mol. The molecule has 0 aliphatic carbocycles. The molecule has 158 valence electrons. The Kier molecular flexibility index (Phi) is 7.62. The van der Waals surface area contributed by atoms with Crippen molar-refractivity contribution < 1.29 is 19.0 Å². The molecule has 1 amide bonds. The summed E-state index contributed by atoms with van der Waals surface area (Å²) in [5.41, 5.74) is 2.00. The smallest absolute Gasteiger partial charge is 0.230 e. The Hall–Kier alpha value is -3.13. The van der Waals surface area contributed by atoms with Crippen LogP contribution in [0.25, 0.3) is 5.69 Å². The molecule has 1 heterocycles. The van der Waals surface area contributed by atoms with E-state index in [1.54, 1.807) is 27.5 Å². The quantitative estimate of drug-likeness (QED) is 0.500. The molecule has 0 fully saturated rings. The number of methoxy groups -OCH3 is 3. The summed E-state index contributed by atoms with van der Waals surface area (Å²) < 4.78 is 17.8. The highest BCUT2D eigenvalue weighted by molar-refractivity contribution is 7.99. The zero-order chi connectivity index (χ0) is 21.3. The Morgan fingerprint density at radius 1 is 1.07 bits per heavy atom. The third-order valence-electron chi connectivity index (χ3n) is 4.45. The molecule has 30 heavy (non-hydrogen) atoms. The van der Waals surface area contributed by atoms with Gasteiger partial charge in [-0.1, -0.05) is 23.9 Å². The molecular weight excluding hydrogens is 402 g/mol. The van der Waals surface area contributed by atoms with Gasteiger partial charge in [-0.3, -0.25) is 9.36 Å². The largest absolute Gasteiger partial charge is 0.497 e. The van der Waals surface area contributed by atoms with Crippen LogP contribution < -0.4 is 19.5 Å². The number of thioether (sulfide) groups is 1. The van der Waals surface area contributed by atoms with Crippen LogP contribution in [0.4, 0.5) is 0 Å². The average Bonchev–Trinajstić information content (AvgIpc) is 3.26. The Bertz CT molecular complexity index is 990. The number of hydrogen-bond donors (Lipinski definition) is 1. The first-order chi connectivity index (χ1) is 14.6. The van der Waals surface area contributed by atoms with Crippen LogP contribution in [-0.2, 0) is 11.2 Å². The summed E-state index contributed by atoms with van der Waals surface area (Å²) in [4.78, 5) is 16.6. The predicted octanol–water partition coefficient (Wildman–Crippen LogP) is 3.35. The summed E-state index contributed by atoms with van der Waals surface area (Å²) in [7, 11) is 4.85. The molecule has 0 spiro atoms. The summed E-state index contributed by atoms with van der Waals surface area (Å²) in [5, 5.41) is 3.70. The first kappa shape index (κ1) is 21.6. The Balaban J connectivity index is 1.51. The third kappa shape index (κ3) is 5.48. The number of carbonyl (C=O) groups excluding carboxylic acids is 1. The van der Waals surface area contributed by atoms with Crippen LogP contribution in [0.5, 0.6) is 17.2 Å². The zero-order valence-electron chi connectivity index (χ0n) is 17.3. The highest BCUT2D eigenvalue weighted by Crippen LogP contribution is 2.27. The second-order valence-electron chi connectivity index (χ2n) is 6.36. The first-order valence-corrected chi connectivity index (χ1v) is 10.4. The molecule has 0 bridgehead atoms. The normalized spacial score (nSPS) is 10.5. The van der Waals surface area contributed by atoms with E-state index in [0.29, 0.717) is 24.5 Å². The molecule has 0 saturated carbocycles. The van der Waals surface area contributed by atoms with E-state index in [1.807, 2.05) is 53.2 Å². The molecule has 1 N–H and O–H groups in total. The lowest BCUT2D eigenvalue weighted by Gasteiger charge is -2.10. The lowest BCUT2D eigenvalue weighted by atomic mass is 10.1. The lowest BCUT2D eigenvalue weighted by Crippen LogP contribution is -2.27. The van der Waals surface area contributed by atoms with Crippen molar-refractivity contribution in [1.29, 1.82) is 0 Å². The van der Waals surface area contributed by atoms with Gasteiger partial charge in [-0.25, -0.2) is 4.98 Å². The second-order valence-corrected chi connectivity index (χ2v) is 7.30. The lowest BCUT2D eigenvalue weighted by molar-refractivity contribution is -0.118. The van der Waals surface area contributed by atoms with E-state index >= 15 is 0 Å². The second kappa shape index (κ2) is 10.6. The summed E-state index contributed by atoms with van der Waals surface area (Å²) in [6.45, 7) is 0.541. The molecule has 0 aliphatic rings. The number of imidazole rings is 1. The van der Waals surface area contributed by atoms with E-state index in [4.69, 9.17) is 14.2 Å². The summed E-state index contributed by atoms with van der Waals surface area (Å²) in [6, 6.07) is 13.5. The maximum Gasteiger partial charge on any atom is 0.230 e. The standard InChI is InChI=1S/C22H25N3O4S/c1-27-18-6-4-5-17(14-18)25-12-11-24-22(25)30-15-21(26)23-10-9-16-7-8-19(28-2)20(13-16)29-3/h4-8,11-14H,9-10,15H2,1-3H3,(H,23,26). The van der Waals surface area contributed by atoms with Gasteiger partial charge in [0.2, 0.25) is 5.91 Å². The number of ether oxygens (including phenoxy) is 3. The molecule has 0 saturated heterocycles. The number of benzene rings is 2. The summed E-state index contributed by atoms with van der Waals surface area (Å²) in [6.07, 6.45) is 4.29. The monoisotopic (exact) mass is 427 g/mol. The van der Waals surface area contributed by atoms with E-state index in [0.717, 1.165) is 22.2 Å². The number of aromatic nitrogens is 2. The fourth-order valence-electron chi connectivity index (χ4n) is 2.92. The summed E-state index contributed by atoms with van der Waals surface area (Å²) >= 11 is 1.39. The van der Waals surface area contributed by atoms with Crippen molar-refractivity contribution in [2.45, 2.75) is 11.6 Å². The van der Waals surface area contributed by atoms with Gasteiger partial charge >= 0.3 is 0 Å². The van der Waals surface area contributed by atoms with Crippen LogP contribution in [0.2, 0.25) is 0 Å². The Labute approximate surface area is 180 Å². The number of nitrogens with one attached hydrogen (secondary N) is 1. The number of hydrogen-bond acceptors (Lipinski definition) is 6. The van der Waals surface area contributed by atoms with Gasteiger partial charge in [0.15, 0.2) is 16.7 Å². The van der Waals surface area contributed by atoms with Crippen LogP contribution in [-0.4, -0.2) is 49.1 Å². The molecule has 1 aromatic heterocycles. The van der Waals surface area contributed by atoms with Crippen LogP contribution in [0.15, 0.2) is 60.0 Å². The van der Waals surface area contributed by atoms with Crippen LogP contribution in [0.3, 0.4) is 0 Å². The highest BCUT2D eigenvalue weighted by atomic mass is 32.2. The van der Waals surface area contributed by atoms with Crippen molar-refractivity contribution in [2.24, 2.45) is 0 Å². The molecule has 0 atom stereocenters. The van der Waals surface area contributed by atoms with E-state index in [2.05, 4.69) is 10.3 Å². The molecule has 3 rings (SSSR count). The van der Waals surface area contributed by atoms with Crippen molar-refractivity contribution in [3.63, 3.8) is 0 Å². The predicted molar refractivity (Wildman–Crippen MR) is 117 cm³/mol. The van der Waals surface area contributed by atoms with E-state index < -0.39 is 0 Å². The van der Waals surface area contributed by atoms with Crippen LogP contribution in [0, 0.1) is 0 Å². The fraction of sp³-hybridized carbons (Fsp3) is 0.273. The van der Waals surface area contributed by atoms with Gasteiger partial charge < -0.3 is 19.5 Å². The Morgan fingerprint density at radius 3 is 2.67 bits per heavy atom. The van der Waals surface area contributed by atoms with Gasteiger partial charge in [0.1, 0.15) is 5.75 Å². The maximum atomic E-state index is 12.3. The minimum absolute atomic E-state index is 0.0410. The van der Waals surface area contributed by atoms with Crippen molar-refractivity contribution in [3.8, 4) is 22.9 Å². The molecule has 8 heteroatoms. The number of carbonyl (C=O) groups is 1. The van der Waals surface area contributed by atoms with Crippen molar-refractivity contribution in [2.75, 3.05) is 33.6 Å². The molecule has 2 aromatic carbocycles. The van der Waals surface area contributed by atoms with Crippen molar-refractivity contribution >= 4 is 17.7 Å². The molecule has 7 nitrogen and oxygen atoms in total. The summed E-state index contributed by atoms with van der Waals surface area (Å²) in [5.74, 6) is 2.38. The van der Waals surface area contributed by atoms with Crippen molar-refractivity contribution in [3.05, 3.63) is 60.4 Å². The Morgan fingerprint density at radius 2 is 1.90 bits per heavy atom. The molecule has 3 aromatic rings. The SMILES string of the molecule is COc1cccc(-n2ccnc2SCC(=O)NCCc2ccc(OC)c(OC)c2)c1. The van der Waals surface area contributed by atoms with Gasteiger partial charge in [0, 0.05) is 25.0 Å². The highest BCUT2D eigenvalue weighted by Gasteiger charge is 2.10. The minimum Gasteiger partial charge on any atom is -0.497 e. The van der Waals surface area contributed by atoms with Gasteiger partial charge in [-0.15, -0.1) is 0 Å². The maximum absolute atomic E-state index is 12.3. The zero-order valence-corrected chi connectivity index (χ0v) is 18.1.